The van der Waals surface area contributed by atoms with Gasteiger partial charge in [0.15, 0.2) is 0 Å². The van der Waals surface area contributed by atoms with Crippen molar-refractivity contribution in [2.24, 2.45) is 0 Å². The summed E-state index contributed by atoms with van der Waals surface area (Å²) in [5.74, 6) is -0.529. The maximum Gasteiger partial charge on any atom is 0.340 e. The number of hydrogen-bond acceptors (Lipinski definition) is 6. The van der Waals surface area contributed by atoms with Gasteiger partial charge in [0.2, 0.25) is 5.91 Å². The first-order chi connectivity index (χ1) is 16.6. The quantitative estimate of drug-likeness (QED) is 0.486. The zero-order valence-corrected chi connectivity index (χ0v) is 20.5. The van der Waals surface area contributed by atoms with Crippen molar-refractivity contribution in [3.8, 4) is 0 Å². The normalized spacial score (nSPS) is 14.8. The van der Waals surface area contributed by atoms with Crippen LogP contribution < -0.4 is 5.32 Å². The number of esters is 1. The molecular formula is C27H31N3O3S. The number of benzene rings is 2. The second-order valence-electron chi connectivity index (χ2n) is 8.38. The van der Waals surface area contributed by atoms with Gasteiger partial charge in [-0.25, -0.2) is 4.79 Å². The molecule has 7 heteroatoms. The molecule has 1 aliphatic heterocycles. The Morgan fingerprint density at radius 2 is 1.56 bits per heavy atom. The fourth-order valence-corrected chi connectivity index (χ4v) is 5.40. The third kappa shape index (κ3) is 5.73. The number of nitrogens with zero attached hydrogens (tertiary/aromatic N) is 2. The predicted molar refractivity (Wildman–Crippen MR) is 136 cm³/mol. The lowest BCUT2D eigenvalue weighted by Gasteiger charge is -2.39. The smallest absolute Gasteiger partial charge is 0.340 e. The number of methoxy groups -OCH3 is 1. The first-order valence-electron chi connectivity index (χ1n) is 11.7. The minimum Gasteiger partial charge on any atom is -0.465 e. The molecule has 1 aromatic heterocycles. The molecule has 1 fully saturated rings. The van der Waals surface area contributed by atoms with E-state index in [2.05, 4.69) is 63.6 Å². The summed E-state index contributed by atoms with van der Waals surface area (Å²) < 4.78 is 4.87. The predicted octanol–water partition coefficient (Wildman–Crippen LogP) is 4.44. The minimum absolute atomic E-state index is 0.106. The van der Waals surface area contributed by atoms with Gasteiger partial charge in [-0.1, -0.05) is 67.6 Å². The summed E-state index contributed by atoms with van der Waals surface area (Å²) >= 11 is 1.43. The number of hydrogen-bond donors (Lipinski definition) is 1. The number of amides is 1. The molecule has 6 nitrogen and oxygen atoms in total. The second kappa shape index (κ2) is 11.4. The molecule has 1 N–H and O–H groups in total. The number of rotatable bonds is 8. The van der Waals surface area contributed by atoms with E-state index in [9.17, 15) is 9.59 Å². The SMILES string of the molecule is CCc1cc(C(=O)OC)c(NC(=O)CN2CCN(C(c3ccccc3)c3ccccc3)CC2)s1. The summed E-state index contributed by atoms with van der Waals surface area (Å²) in [4.78, 5) is 30.6. The molecule has 0 bridgehead atoms. The van der Waals surface area contributed by atoms with Gasteiger partial charge in [-0.2, -0.15) is 0 Å². The van der Waals surface area contributed by atoms with E-state index < -0.39 is 5.97 Å². The Bertz CT molecular complexity index is 1050. The molecule has 2 heterocycles. The van der Waals surface area contributed by atoms with Crippen LogP contribution in [0.4, 0.5) is 5.00 Å². The van der Waals surface area contributed by atoms with Gasteiger partial charge >= 0.3 is 5.97 Å². The summed E-state index contributed by atoms with van der Waals surface area (Å²) in [6, 6.07) is 23.2. The van der Waals surface area contributed by atoms with E-state index in [1.807, 2.05) is 19.1 Å². The van der Waals surface area contributed by atoms with Crippen molar-refractivity contribution >= 4 is 28.2 Å². The highest BCUT2D eigenvalue weighted by Gasteiger charge is 2.27. The summed E-state index contributed by atoms with van der Waals surface area (Å²) in [6.45, 7) is 5.67. The van der Waals surface area contributed by atoms with Gasteiger partial charge in [0, 0.05) is 31.1 Å². The Hall–Kier alpha value is -3.00. The highest BCUT2D eigenvalue weighted by Crippen LogP contribution is 2.30. The fourth-order valence-electron chi connectivity index (χ4n) is 4.40. The van der Waals surface area contributed by atoms with Crippen molar-refractivity contribution in [3.05, 3.63) is 88.3 Å². The third-order valence-electron chi connectivity index (χ3n) is 6.16. The van der Waals surface area contributed by atoms with Crippen molar-refractivity contribution in [2.45, 2.75) is 19.4 Å². The van der Waals surface area contributed by atoms with Crippen molar-refractivity contribution < 1.29 is 14.3 Å². The molecule has 1 saturated heterocycles. The third-order valence-corrected chi connectivity index (χ3v) is 7.35. The van der Waals surface area contributed by atoms with Gasteiger partial charge in [-0.3, -0.25) is 14.6 Å². The highest BCUT2D eigenvalue weighted by atomic mass is 32.1. The van der Waals surface area contributed by atoms with E-state index in [-0.39, 0.29) is 11.9 Å². The second-order valence-corrected chi connectivity index (χ2v) is 9.52. The van der Waals surface area contributed by atoms with Crippen LogP contribution in [0.3, 0.4) is 0 Å². The van der Waals surface area contributed by atoms with E-state index >= 15 is 0 Å². The Balaban J connectivity index is 1.38. The molecule has 0 unspecified atom stereocenters. The van der Waals surface area contributed by atoms with Crippen LogP contribution in [0.15, 0.2) is 66.7 Å². The first kappa shape index (κ1) is 24.1. The summed E-state index contributed by atoms with van der Waals surface area (Å²) in [5, 5.41) is 3.51. The Labute approximate surface area is 205 Å². The summed E-state index contributed by atoms with van der Waals surface area (Å²) in [6.07, 6.45) is 0.802. The van der Waals surface area contributed by atoms with Crippen LogP contribution in [-0.2, 0) is 16.0 Å². The van der Waals surface area contributed by atoms with Gasteiger partial charge in [0.1, 0.15) is 5.00 Å². The number of anilines is 1. The molecule has 1 aliphatic rings. The van der Waals surface area contributed by atoms with Crippen LogP contribution in [0.5, 0.6) is 0 Å². The molecular weight excluding hydrogens is 446 g/mol. The molecule has 0 aliphatic carbocycles. The van der Waals surface area contributed by atoms with E-state index in [4.69, 9.17) is 4.74 Å². The number of carbonyl (C=O) groups excluding carboxylic acids is 2. The van der Waals surface area contributed by atoms with E-state index in [0.29, 0.717) is 17.1 Å². The molecule has 0 radical (unpaired) electrons. The molecule has 178 valence electrons. The van der Waals surface area contributed by atoms with Crippen LogP contribution in [0.2, 0.25) is 0 Å². The van der Waals surface area contributed by atoms with Crippen LogP contribution in [0.1, 0.15) is 39.3 Å². The topological polar surface area (TPSA) is 61.9 Å². The molecule has 2 aromatic carbocycles. The largest absolute Gasteiger partial charge is 0.465 e. The number of ether oxygens (including phenoxy) is 1. The standard InChI is InChI=1S/C27H31N3O3S/c1-3-22-18-23(27(32)33-2)26(34-22)28-24(31)19-29-14-16-30(17-15-29)25(20-10-6-4-7-11-20)21-12-8-5-9-13-21/h4-13,18,25H,3,14-17,19H2,1-2H3,(H,28,31). The summed E-state index contributed by atoms with van der Waals surface area (Å²) in [5.41, 5.74) is 2.98. The number of thiophene rings is 1. The minimum atomic E-state index is -0.423. The van der Waals surface area contributed by atoms with Crippen LogP contribution in [-0.4, -0.2) is 61.5 Å². The van der Waals surface area contributed by atoms with Crippen LogP contribution >= 0.6 is 11.3 Å². The molecule has 4 rings (SSSR count). The Kier molecular flexibility index (Phi) is 8.11. The van der Waals surface area contributed by atoms with E-state index in [1.54, 1.807) is 6.07 Å². The molecule has 34 heavy (non-hydrogen) atoms. The molecule has 0 spiro atoms. The molecule has 0 saturated carbocycles. The van der Waals surface area contributed by atoms with Gasteiger partial charge < -0.3 is 10.1 Å². The monoisotopic (exact) mass is 477 g/mol. The van der Waals surface area contributed by atoms with Crippen LogP contribution in [0, 0.1) is 0 Å². The number of aryl methyl sites for hydroxylation is 1. The molecule has 0 atom stereocenters. The zero-order chi connectivity index (χ0) is 23.9. The van der Waals surface area contributed by atoms with Gasteiger partial charge in [0.05, 0.1) is 25.3 Å². The Morgan fingerprint density at radius 3 is 2.09 bits per heavy atom. The van der Waals surface area contributed by atoms with Crippen molar-refractivity contribution in [3.63, 3.8) is 0 Å². The van der Waals surface area contributed by atoms with E-state index in [0.717, 1.165) is 37.5 Å². The van der Waals surface area contributed by atoms with Crippen molar-refractivity contribution in [2.75, 3.05) is 45.2 Å². The lowest BCUT2D eigenvalue weighted by atomic mass is 9.96. The molecule has 1 amide bonds. The van der Waals surface area contributed by atoms with Gasteiger partial charge in [-0.15, -0.1) is 11.3 Å². The fraction of sp³-hybridized carbons (Fsp3) is 0.333. The lowest BCUT2D eigenvalue weighted by Crippen LogP contribution is -2.49. The van der Waals surface area contributed by atoms with Crippen molar-refractivity contribution in [1.29, 1.82) is 0 Å². The lowest BCUT2D eigenvalue weighted by molar-refractivity contribution is -0.117. The van der Waals surface area contributed by atoms with Gasteiger partial charge in [0.25, 0.3) is 0 Å². The average Bonchev–Trinajstić information content (AvgIpc) is 3.29. The number of carbonyl (C=O) groups is 2. The van der Waals surface area contributed by atoms with Crippen LogP contribution in [0.25, 0.3) is 0 Å². The van der Waals surface area contributed by atoms with E-state index in [1.165, 1.54) is 29.6 Å². The van der Waals surface area contributed by atoms with Crippen molar-refractivity contribution in [1.82, 2.24) is 9.80 Å². The average molecular weight is 478 g/mol. The maximum atomic E-state index is 12.8. The number of piperazine rings is 1. The Morgan fingerprint density at radius 1 is 0.971 bits per heavy atom. The molecule has 3 aromatic rings. The number of nitrogens with one attached hydrogen (secondary N) is 1. The summed E-state index contributed by atoms with van der Waals surface area (Å²) in [7, 11) is 1.36. The van der Waals surface area contributed by atoms with Gasteiger partial charge in [-0.05, 0) is 23.6 Å². The maximum absolute atomic E-state index is 12.8. The first-order valence-corrected chi connectivity index (χ1v) is 12.5. The zero-order valence-electron chi connectivity index (χ0n) is 19.7. The highest BCUT2D eigenvalue weighted by molar-refractivity contribution is 7.16.